The lowest BCUT2D eigenvalue weighted by atomic mass is 9.46. The molecule has 0 radical (unpaired) electrons. The zero-order valence-electron chi connectivity index (χ0n) is 13.9. The largest absolute Gasteiger partial charge is 0.365 e. The van der Waals surface area contributed by atoms with Crippen molar-refractivity contribution in [2.75, 3.05) is 6.61 Å². The highest BCUT2D eigenvalue weighted by Crippen LogP contribution is 2.68. The van der Waals surface area contributed by atoms with Gasteiger partial charge in [0.15, 0.2) is 5.78 Å². The molecule has 0 aromatic carbocycles. The Kier molecular flexibility index (Phi) is 2.49. The fourth-order valence-corrected chi connectivity index (χ4v) is 6.58. The second-order valence-corrected chi connectivity index (χ2v) is 8.86. The zero-order chi connectivity index (χ0) is 16.0. The van der Waals surface area contributed by atoms with Crippen LogP contribution in [0.25, 0.3) is 0 Å². The van der Waals surface area contributed by atoms with Gasteiger partial charge in [-0.15, -0.1) is 0 Å². The van der Waals surface area contributed by atoms with E-state index in [1.165, 1.54) is 5.57 Å². The Morgan fingerprint density at radius 1 is 1.17 bits per heavy atom. The van der Waals surface area contributed by atoms with Crippen LogP contribution in [0.15, 0.2) is 23.8 Å². The van der Waals surface area contributed by atoms with Crippen molar-refractivity contribution in [3.63, 3.8) is 0 Å². The molecular weight excluding hydrogens is 288 g/mol. The molecule has 23 heavy (non-hydrogen) atoms. The number of ketones is 2. The molecule has 0 aromatic rings. The van der Waals surface area contributed by atoms with Gasteiger partial charge in [0, 0.05) is 17.3 Å². The monoisotopic (exact) mass is 312 g/mol. The Labute approximate surface area is 137 Å². The number of hydrogen-bond donors (Lipinski definition) is 0. The molecule has 1 aliphatic heterocycles. The zero-order valence-corrected chi connectivity index (χ0v) is 13.9. The summed E-state index contributed by atoms with van der Waals surface area (Å²) >= 11 is 0. The minimum absolute atomic E-state index is 0.0692. The van der Waals surface area contributed by atoms with Crippen molar-refractivity contribution < 1.29 is 14.3 Å². The van der Waals surface area contributed by atoms with Crippen molar-refractivity contribution in [1.82, 2.24) is 0 Å². The number of rotatable bonds is 0. The first-order valence-electron chi connectivity index (χ1n) is 9.02. The Bertz CT molecular complexity index is 683. The SMILES string of the molecule is C[C@@]12CC[C@@H]3[C@H](CC4(CO4)C4=CC(=O)C=C[C@]43C)[C@H]1CCC2=O. The van der Waals surface area contributed by atoms with E-state index in [-0.39, 0.29) is 22.2 Å². The number of ether oxygens (including phenoxy) is 1. The van der Waals surface area contributed by atoms with Crippen LogP contribution in [-0.4, -0.2) is 23.8 Å². The van der Waals surface area contributed by atoms with Crippen LogP contribution in [0.1, 0.15) is 46.0 Å². The van der Waals surface area contributed by atoms with Crippen molar-refractivity contribution >= 4 is 11.6 Å². The third kappa shape index (κ3) is 1.60. The smallest absolute Gasteiger partial charge is 0.178 e. The second kappa shape index (κ2) is 4.05. The summed E-state index contributed by atoms with van der Waals surface area (Å²) < 4.78 is 5.94. The van der Waals surface area contributed by atoms with Crippen LogP contribution >= 0.6 is 0 Å². The first-order chi connectivity index (χ1) is 10.9. The highest BCUT2D eigenvalue weighted by atomic mass is 16.6. The molecule has 1 spiro atoms. The van der Waals surface area contributed by atoms with Gasteiger partial charge in [-0.1, -0.05) is 19.9 Å². The molecule has 5 rings (SSSR count). The van der Waals surface area contributed by atoms with E-state index in [0.717, 1.165) is 38.7 Å². The van der Waals surface area contributed by atoms with E-state index in [4.69, 9.17) is 4.74 Å². The van der Waals surface area contributed by atoms with E-state index >= 15 is 0 Å². The highest BCUT2D eigenvalue weighted by molar-refractivity contribution is 6.01. The van der Waals surface area contributed by atoms with Gasteiger partial charge >= 0.3 is 0 Å². The van der Waals surface area contributed by atoms with Gasteiger partial charge in [0.1, 0.15) is 11.4 Å². The van der Waals surface area contributed by atoms with Gasteiger partial charge in [0.25, 0.3) is 0 Å². The lowest BCUT2D eigenvalue weighted by Crippen LogP contribution is -2.54. The topological polar surface area (TPSA) is 46.7 Å². The predicted octanol–water partition coefficient (Wildman–Crippen LogP) is 3.24. The van der Waals surface area contributed by atoms with Gasteiger partial charge in [-0.3, -0.25) is 9.59 Å². The Hall–Kier alpha value is -1.22. The fourth-order valence-electron chi connectivity index (χ4n) is 6.58. The molecule has 0 aromatic heterocycles. The van der Waals surface area contributed by atoms with Crippen LogP contribution < -0.4 is 0 Å². The minimum Gasteiger partial charge on any atom is -0.365 e. The van der Waals surface area contributed by atoms with E-state index in [1.807, 2.05) is 6.08 Å². The standard InChI is InChI=1S/C20H24O3/c1-18-7-5-12(21)9-16(18)20(11-23-20)10-13-14-3-4-17(22)19(14,2)8-6-15(13)18/h5,7,9,13-15H,3-4,6,8,10-11H2,1-2H3/t13-,14-,15-,18+,19-,20?/m1/s1. The van der Waals surface area contributed by atoms with Gasteiger partial charge in [0.2, 0.25) is 0 Å². The van der Waals surface area contributed by atoms with Gasteiger partial charge in [-0.25, -0.2) is 0 Å². The fraction of sp³-hybridized carbons (Fsp3) is 0.700. The van der Waals surface area contributed by atoms with Gasteiger partial charge in [0.05, 0.1) is 6.61 Å². The number of hydrogen-bond acceptors (Lipinski definition) is 3. The molecule has 5 aliphatic rings. The lowest BCUT2D eigenvalue weighted by Gasteiger charge is -2.57. The summed E-state index contributed by atoms with van der Waals surface area (Å²) in [5.41, 5.74) is 0.829. The molecule has 1 heterocycles. The summed E-state index contributed by atoms with van der Waals surface area (Å²) in [6, 6.07) is 0. The van der Waals surface area contributed by atoms with Crippen LogP contribution in [0.5, 0.6) is 0 Å². The Morgan fingerprint density at radius 2 is 1.96 bits per heavy atom. The van der Waals surface area contributed by atoms with E-state index in [0.29, 0.717) is 23.5 Å². The Morgan fingerprint density at radius 3 is 2.70 bits per heavy atom. The third-order valence-corrected chi connectivity index (χ3v) is 7.93. The predicted molar refractivity (Wildman–Crippen MR) is 85.7 cm³/mol. The number of allylic oxidation sites excluding steroid dienone is 3. The van der Waals surface area contributed by atoms with Crippen LogP contribution in [0, 0.1) is 28.6 Å². The minimum atomic E-state index is -0.208. The molecule has 1 saturated heterocycles. The third-order valence-electron chi connectivity index (χ3n) is 7.93. The average Bonchev–Trinajstić information content (AvgIpc) is 3.21. The molecule has 3 nitrogen and oxygen atoms in total. The van der Waals surface area contributed by atoms with Crippen molar-refractivity contribution in [3.8, 4) is 0 Å². The number of carbonyl (C=O) groups excluding carboxylic acids is 2. The lowest BCUT2D eigenvalue weighted by molar-refractivity contribution is -0.132. The molecule has 0 amide bonds. The summed E-state index contributed by atoms with van der Waals surface area (Å²) in [6.45, 7) is 5.25. The number of fused-ring (bicyclic) bond motifs is 6. The maximum absolute atomic E-state index is 12.5. The number of carbonyl (C=O) groups is 2. The van der Waals surface area contributed by atoms with Crippen molar-refractivity contribution in [2.45, 2.75) is 51.6 Å². The molecule has 3 heteroatoms. The molecule has 4 aliphatic carbocycles. The highest BCUT2D eigenvalue weighted by Gasteiger charge is 2.67. The number of epoxide rings is 1. The van der Waals surface area contributed by atoms with Crippen LogP contribution in [0.3, 0.4) is 0 Å². The summed E-state index contributed by atoms with van der Waals surface area (Å²) in [6.07, 6.45) is 10.6. The van der Waals surface area contributed by atoms with E-state index in [2.05, 4.69) is 19.9 Å². The summed E-state index contributed by atoms with van der Waals surface area (Å²) in [5.74, 6) is 2.16. The molecule has 3 saturated carbocycles. The molecule has 6 atom stereocenters. The first-order valence-corrected chi connectivity index (χ1v) is 9.02. The van der Waals surface area contributed by atoms with E-state index in [9.17, 15) is 9.59 Å². The molecular formula is C20H24O3. The molecule has 1 unspecified atom stereocenters. The van der Waals surface area contributed by atoms with E-state index in [1.54, 1.807) is 6.08 Å². The average molecular weight is 312 g/mol. The van der Waals surface area contributed by atoms with Crippen LogP contribution in [0.2, 0.25) is 0 Å². The first kappa shape index (κ1) is 14.2. The van der Waals surface area contributed by atoms with Gasteiger partial charge in [-0.05, 0) is 61.2 Å². The van der Waals surface area contributed by atoms with Crippen LogP contribution in [-0.2, 0) is 14.3 Å². The summed E-state index contributed by atoms with van der Waals surface area (Å²) in [5, 5.41) is 0. The molecule has 4 fully saturated rings. The van der Waals surface area contributed by atoms with Crippen molar-refractivity contribution in [3.05, 3.63) is 23.8 Å². The molecule has 0 N–H and O–H groups in total. The van der Waals surface area contributed by atoms with E-state index < -0.39 is 0 Å². The van der Waals surface area contributed by atoms with Crippen molar-refractivity contribution in [2.24, 2.45) is 28.6 Å². The molecule has 0 bridgehead atoms. The molecule has 122 valence electrons. The quantitative estimate of drug-likeness (QED) is 0.645. The normalized spacial score (nSPS) is 53.7. The summed E-state index contributed by atoms with van der Waals surface area (Å²) in [7, 11) is 0. The number of Topliss-reactive ketones (excluding diaryl/α,β-unsaturated/α-hetero) is 1. The van der Waals surface area contributed by atoms with Crippen LogP contribution in [0.4, 0.5) is 0 Å². The second-order valence-electron chi connectivity index (χ2n) is 8.86. The van der Waals surface area contributed by atoms with Gasteiger partial charge in [-0.2, -0.15) is 0 Å². The maximum atomic E-state index is 12.5. The van der Waals surface area contributed by atoms with Crippen molar-refractivity contribution in [1.29, 1.82) is 0 Å². The van der Waals surface area contributed by atoms with Gasteiger partial charge < -0.3 is 4.74 Å². The maximum Gasteiger partial charge on any atom is 0.178 e. The Balaban J connectivity index is 1.61. The summed E-state index contributed by atoms with van der Waals surface area (Å²) in [4.78, 5) is 24.4.